The molecule has 4 heterocycles. The molecule has 6 heteroatoms. The Bertz CT molecular complexity index is 1990. The fourth-order valence-electron chi connectivity index (χ4n) is 6.56. The zero-order valence-electron chi connectivity index (χ0n) is 23.2. The molecule has 0 saturated heterocycles. The van der Waals surface area contributed by atoms with Crippen molar-refractivity contribution in [1.82, 2.24) is 19.1 Å². The van der Waals surface area contributed by atoms with E-state index in [2.05, 4.69) is 43.4 Å². The molecular weight excluding hydrogens is 538 g/mol. The van der Waals surface area contributed by atoms with Gasteiger partial charge in [0.25, 0.3) is 0 Å². The summed E-state index contributed by atoms with van der Waals surface area (Å²) in [5.41, 5.74) is 5.79. The van der Waals surface area contributed by atoms with Crippen LogP contribution in [0.15, 0.2) is 134 Å². The van der Waals surface area contributed by atoms with E-state index >= 15 is 8.78 Å². The monoisotopic (exact) mass is 564 g/mol. The molecule has 0 radical (unpaired) electrons. The van der Waals surface area contributed by atoms with E-state index in [-0.39, 0.29) is 0 Å². The minimum absolute atomic E-state index is 0.597. The Morgan fingerprint density at radius 1 is 0.465 bits per heavy atom. The average molecular weight is 565 g/mol. The Morgan fingerprint density at radius 2 is 0.860 bits per heavy atom. The summed E-state index contributed by atoms with van der Waals surface area (Å²) in [6, 6.07) is 35.6. The van der Waals surface area contributed by atoms with E-state index in [1.54, 1.807) is 12.4 Å². The van der Waals surface area contributed by atoms with Gasteiger partial charge in [-0.15, -0.1) is 0 Å². The number of rotatable bonds is 6. The third kappa shape index (κ3) is 3.73. The van der Waals surface area contributed by atoms with Crippen molar-refractivity contribution >= 4 is 43.6 Å². The molecule has 8 aromatic rings. The van der Waals surface area contributed by atoms with Gasteiger partial charge in [-0.3, -0.25) is 9.97 Å². The van der Waals surface area contributed by atoms with Gasteiger partial charge in [0.2, 0.25) is 0 Å². The molecule has 0 atom stereocenters. The van der Waals surface area contributed by atoms with Gasteiger partial charge >= 0.3 is 0 Å². The first-order chi connectivity index (χ1) is 21.2. The SMILES string of the molecule is FCC(CF)(c1ccc(-n2c3ccccc3c3cnccc32)cc1)c1ccc(-n2c3ccccc3c3cnccc32)cc1. The van der Waals surface area contributed by atoms with Crippen molar-refractivity contribution < 1.29 is 8.78 Å². The standard InChI is InChI=1S/C37H26F2N4/c38-23-37(24-39,25-9-13-27(14-10-25)42-33-7-3-1-5-29(33)31-21-40-19-17-35(31)42)26-11-15-28(16-12-26)43-34-8-4-2-6-30(34)32-22-41-20-18-36(32)43/h1-22H,23-24H2. The molecule has 0 fully saturated rings. The highest BCUT2D eigenvalue weighted by Gasteiger charge is 2.35. The molecule has 8 rings (SSSR count). The minimum Gasteiger partial charge on any atom is -0.309 e. The van der Waals surface area contributed by atoms with Crippen molar-refractivity contribution in [2.75, 3.05) is 13.3 Å². The van der Waals surface area contributed by atoms with Gasteiger partial charge in [0, 0.05) is 57.7 Å². The molecule has 0 bridgehead atoms. The van der Waals surface area contributed by atoms with Crippen LogP contribution in [0.3, 0.4) is 0 Å². The molecule has 4 aromatic heterocycles. The molecule has 43 heavy (non-hydrogen) atoms. The Labute approximate surface area is 246 Å². The zero-order chi connectivity index (χ0) is 29.0. The lowest BCUT2D eigenvalue weighted by atomic mass is 9.76. The first kappa shape index (κ1) is 25.4. The van der Waals surface area contributed by atoms with Gasteiger partial charge in [0.05, 0.1) is 27.5 Å². The first-order valence-electron chi connectivity index (χ1n) is 14.2. The van der Waals surface area contributed by atoms with E-state index < -0.39 is 18.8 Å². The molecule has 0 N–H and O–H groups in total. The smallest absolute Gasteiger partial charge is 0.106 e. The summed E-state index contributed by atoms with van der Waals surface area (Å²) in [5.74, 6) is 0. The molecule has 4 nitrogen and oxygen atoms in total. The molecule has 0 saturated carbocycles. The van der Waals surface area contributed by atoms with E-state index in [0.29, 0.717) is 11.1 Å². The highest BCUT2D eigenvalue weighted by molar-refractivity contribution is 6.09. The summed E-state index contributed by atoms with van der Waals surface area (Å²) in [5, 5.41) is 4.33. The van der Waals surface area contributed by atoms with Gasteiger partial charge in [-0.25, -0.2) is 8.78 Å². The molecular formula is C37H26F2N4. The van der Waals surface area contributed by atoms with E-state index in [1.165, 1.54) is 0 Å². The minimum atomic E-state index is -1.41. The van der Waals surface area contributed by atoms with Gasteiger partial charge in [-0.1, -0.05) is 60.7 Å². The van der Waals surface area contributed by atoms with Crippen molar-refractivity contribution in [3.05, 3.63) is 145 Å². The second-order valence-corrected chi connectivity index (χ2v) is 10.9. The predicted molar refractivity (Wildman–Crippen MR) is 170 cm³/mol. The molecule has 0 aliphatic carbocycles. The van der Waals surface area contributed by atoms with Crippen molar-refractivity contribution in [3.63, 3.8) is 0 Å². The van der Waals surface area contributed by atoms with Crippen LogP contribution >= 0.6 is 0 Å². The number of pyridine rings is 2. The number of hydrogen-bond acceptors (Lipinski definition) is 2. The van der Waals surface area contributed by atoms with Crippen LogP contribution in [0.1, 0.15) is 11.1 Å². The molecule has 0 aliphatic rings. The fraction of sp³-hybridized carbons (Fsp3) is 0.0811. The maximum Gasteiger partial charge on any atom is 0.106 e. The predicted octanol–water partition coefficient (Wildman–Crippen LogP) is 8.90. The second kappa shape index (κ2) is 9.88. The molecule has 4 aromatic carbocycles. The molecule has 208 valence electrons. The average Bonchev–Trinajstić information content (AvgIpc) is 3.60. The number of nitrogens with zero attached hydrogens (tertiary/aromatic N) is 4. The van der Waals surface area contributed by atoms with Gasteiger partial charge in [0.1, 0.15) is 13.3 Å². The molecule has 0 aliphatic heterocycles. The Balaban J connectivity index is 1.21. The van der Waals surface area contributed by atoms with E-state index in [0.717, 1.165) is 55.0 Å². The number of halogens is 2. The third-order valence-electron chi connectivity index (χ3n) is 8.76. The number of alkyl halides is 2. The highest BCUT2D eigenvalue weighted by Crippen LogP contribution is 2.38. The largest absolute Gasteiger partial charge is 0.309 e. The van der Waals surface area contributed by atoms with Crippen molar-refractivity contribution in [3.8, 4) is 11.4 Å². The lowest BCUT2D eigenvalue weighted by Gasteiger charge is -2.29. The topological polar surface area (TPSA) is 35.6 Å². The molecule has 0 spiro atoms. The van der Waals surface area contributed by atoms with Crippen LogP contribution < -0.4 is 0 Å². The van der Waals surface area contributed by atoms with Gasteiger partial charge < -0.3 is 9.13 Å². The highest BCUT2D eigenvalue weighted by atomic mass is 19.1. The Kier molecular flexibility index (Phi) is 5.83. The van der Waals surface area contributed by atoms with Crippen molar-refractivity contribution in [1.29, 1.82) is 0 Å². The van der Waals surface area contributed by atoms with Crippen molar-refractivity contribution in [2.45, 2.75) is 5.41 Å². The Hall–Kier alpha value is -5.36. The third-order valence-corrected chi connectivity index (χ3v) is 8.76. The summed E-state index contributed by atoms with van der Waals surface area (Å²) in [7, 11) is 0. The van der Waals surface area contributed by atoms with Crippen LogP contribution in [0, 0.1) is 0 Å². The quantitative estimate of drug-likeness (QED) is 0.202. The normalized spacial score (nSPS) is 12.1. The van der Waals surface area contributed by atoms with Crippen LogP contribution in [-0.2, 0) is 5.41 Å². The zero-order valence-corrected chi connectivity index (χ0v) is 23.2. The summed E-state index contributed by atoms with van der Waals surface area (Å²) in [6.45, 7) is -1.71. The number of benzene rings is 4. The van der Waals surface area contributed by atoms with Crippen molar-refractivity contribution in [2.24, 2.45) is 0 Å². The van der Waals surface area contributed by atoms with Gasteiger partial charge in [-0.2, -0.15) is 0 Å². The van der Waals surface area contributed by atoms with Gasteiger partial charge in [-0.05, 0) is 59.7 Å². The second-order valence-electron chi connectivity index (χ2n) is 10.9. The lowest BCUT2D eigenvalue weighted by molar-refractivity contribution is 0.279. The summed E-state index contributed by atoms with van der Waals surface area (Å²) in [6.07, 6.45) is 7.31. The lowest BCUT2D eigenvalue weighted by Crippen LogP contribution is -2.33. The Morgan fingerprint density at radius 3 is 1.28 bits per heavy atom. The van der Waals surface area contributed by atoms with Gasteiger partial charge in [0.15, 0.2) is 0 Å². The van der Waals surface area contributed by atoms with Crippen LogP contribution in [0.2, 0.25) is 0 Å². The number of hydrogen-bond donors (Lipinski definition) is 0. The maximum absolute atomic E-state index is 15.0. The summed E-state index contributed by atoms with van der Waals surface area (Å²) < 4.78 is 34.3. The van der Waals surface area contributed by atoms with E-state index in [4.69, 9.17) is 0 Å². The van der Waals surface area contributed by atoms with Crippen LogP contribution in [-0.4, -0.2) is 32.5 Å². The first-order valence-corrected chi connectivity index (χ1v) is 14.2. The molecule has 0 unspecified atom stereocenters. The number of fused-ring (bicyclic) bond motifs is 6. The van der Waals surface area contributed by atoms with Crippen LogP contribution in [0.4, 0.5) is 8.78 Å². The summed E-state index contributed by atoms with van der Waals surface area (Å²) >= 11 is 0. The van der Waals surface area contributed by atoms with Crippen LogP contribution in [0.25, 0.3) is 55.0 Å². The maximum atomic E-state index is 15.0. The molecule has 0 amide bonds. The fourth-order valence-corrected chi connectivity index (χ4v) is 6.56. The number of aromatic nitrogens is 4. The number of para-hydroxylation sites is 2. The summed E-state index contributed by atoms with van der Waals surface area (Å²) in [4.78, 5) is 8.65. The van der Waals surface area contributed by atoms with E-state index in [9.17, 15) is 0 Å². The van der Waals surface area contributed by atoms with E-state index in [1.807, 2.05) is 97.3 Å². The van der Waals surface area contributed by atoms with Crippen LogP contribution in [0.5, 0.6) is 0 Å².